The molecule has 2 heterocycles. The van der Waals surface area contributed by atoms with Gasteiger partial charge in [0.25, 0.3) is 0 Å². The summed E-state index contributed by atoms with van der Waals surface area (Å²) in [5.74, 6) is 0. The third-order valence-electron chi connectivity index (χ3n) is 4.25. The summed E-state index contributed by atoms with van der Waals surface area (Å²) in [6, 6.07) is 5.69. The van der Waals surface area contributed by atoms with Crippen LogP contribution in [0.2, 0.25) is 5.02 Å². The molecule has 24 heavy (non-hydrogen) atoms. The van der Waals surface area contributed by atoms with Crippen LogP contribution in [0.1, 0.15) is 18.9 Å². The van der Waals surface area contributed by atoms with E-state index in [0.29, 0.717) is 24.2 Å². The number of carbonyl (C=O) groups excluding carboxylic acids is 1. The Morgan fingerprint density at radius 2 is 2.08 bits per heavy atom. The number of piperidine rings is 1. The molecule has 3 rings (SSSR count). The molecule has 2 amide bonds. The number of carbonyl (C=O) groups is 1. The van der Waals surface area contributed by atoms with Gasteiger partial charge in [0.2, 0.25) is 0 Å². The van der Waals surface area contributed by atoms with E-state index in [-0.39, 0.29) is 6.03 Å². The fraction of sp³-hybridized carbons (Fsp3) is 0.438. The van der Waals surface area contributed by atoms with Crippen LogP contribution >= 0.6 is 11.6 Å². The molecular weight excluding hydrogens is 328 g/mol. The van der Waals surface area contributed by atoms with Gasteiger partial charge in [-0.1, -0.05) is 16.8 Å². The molecule has 1 saturated heterocycles. The van der Waals surface area contributed by atoms with E-state index in [1.54, 1.807) is 12.3 Å². The fourth-order valence-corrected chi connectivity index (χ4v) is 3.11. The van der Waals surface area contributed by atoms with Crippen molar-refractivity contribution in [3.63, 3.8) is 0 Å². The summed E-state index contributed by atoms with van der Waals surface area (Å²) in [7, 11) is 3.87. The topological polar surface area (TPSA) is 66.3 Å². The molecule has 1 aliphatic rings. The third-order valence-corrected chi connectivity index (χ3v) is 4.48. The van der Waals surface area contributed by atoms with Crippen LogP contribution in [0.15, 0.2) is 30.6 Å². The van der Waals surface area contributed by atoms with Crippen molar-refractivity contribution in [1.82, 2.24) is 19.9 Å². The average Bonchev–Trinajstić information content (AvgIpc) is 3.09. The van der Waals surface area contributed by atoms with Crippen LogP contribution in [0.25, 0.3) is 0 Å². The van der Waals surface area contributed by atoms with Gasteiger partial charge in [-0.25, -0.2) is 9.48 Å². The second-order valence-electron chi connectivity index (χ2n) is 6.09. The predicted molar refractivity (Wildman–Crippen MR) is 94.7 cm³/mol. The Morgan fingerprint density at radius 3 is 2.71 bits per heavy atom. The van der Waals surface area contributed by atoms with E-state index in [1.165, 1.54) is 0 Å². The molecule has 0 aliphatic carbocycles. The van der Waals surface area contributed by atoms with Gasteiger partial charge in [-0.2, -0.15) is 0 Å². The Hall–Kier alpha value is -2.28. The summed E-state index contributed by atoms with van der Waals surface area (Å²) in [5, 5.41) is 11.5. The normalized spacial score (nSPS) is 15.4. The highest BCUT2D eigenvalue weighted by Crippen LogP contribution is 2.29. The average molecular weight is 349 g/mol. The van der Waals surface area contributed by atoms with Crippen LogP contribution < -0.4 is 10.2 Å². The second kappa shape index (κ2) is 7.09. The van der Waals surface area contributed by atoms with Crippen molar-refractivity contribution >= 4 is 29.0 Å². The summed E-state index contributed by atoms with van der Waals surface area (Å²) in [6.45, 7) is 1.38. The third kappa shape index (κ3) is 3.62. The molecule has 0 radical (unpaired) electrons. The molecule has 1 N–H and O–H groups in total. The zero-order valence-corrected chi connectivity index (χ0v) is 14.6. The van der Waals surface area contributed by atoms with E-state index < -0.39 is 0 Å². The minimum atomic E-state index is -0.0996. The first-order chi connectivity index (χ1) is 11.5. The maximum Gasteiger partial charge on any atom is 0.321 e. The number of nitrogens with one attached hydrogen (secondary N) is 1. The lowest BCUT2D eigenvalue weighted by molar-refractivity contribution is 0.179. The van der Waals surface area contributed by atoms with Crippen molar-refractivity contribution in [3.05, 3.63) is 35.6 Å². The van der Waals surface area contributed by atoms with Gasteiger partial charge < -0.3 is 15.1 Å². The molecule has 1 fully saturated rings. The van der Waals surface area contributed by atoms with Crippen LogP contribution in [0.5, 0.6) is 0 Å². The first-order valence-corrected chi connectivity index (χ1v) is 8.31. The van der Waals surface area contributed by atoms with Gasteiger partial charge in [-0.15, -0.1) is 5.10 Å². The zero-order valence-electron chi connectivity index (χ0n) is 13.8. The number of amides is 2. The van der Waals surface area contributed by atoms with E-state index in [2.05, 4.69) is 15.6 Å². The Morgan fingerprint density at radius 1 is 1.33 bits per heavy atom. The molecule has 2 aromatic rings. The van der Waals surface area contributed by atoms with Crippen molar-refractivity contribution in [3.8, 4) is 0 Å². The highest BCUT2D eigenvalue weighted by molar-refractivity contribution is 6.31. The van der Waals surface area contributed by atoms with Crippen molar-refractivity contribution in [2.24, 2.45) is 0 Å². The molecule has 0 bridgehead atoms. The number of anilines is 2. The number of aromatic nitrogens is 3. The van der Waals surface area contributed by atoms with E-state index in [0.717, 1.165) is 24.2 Å². The SMILES string of the molecule is CN(C)c1ccc(Cl)cc1NC(=O)N1CCC(n2ccnn2)CC1. The van der Waals surface area contributed by atoms with Gasteiger partial charge >= 0.3 is 6.03 Å². The summed E-state index contributed by atoms with van der Waals surface area (Å²) in [5.41, 5.74) is 1.64. The highest BCUT2D eigenvalue weighted by Gasteiger charge is 2.24. The number of likely N-dealkylation sites (tertiary alicyclic amines) is 1. The fourth-order valence-electron chi connectivity index (χ4n) is 2.94. The molecule has 7 nitrogen and oxygen atoms in total. The molecule has 0 spiro atoms. The van der Waals surface area contributed by atoms with Crippen LogP contribution in [0.3, 0.4) is 0 Å². The first-order valence-electron chi connectivity index (χ1n) is 7.93. The molecule has 128 valence electrons. The number of nitrogens with zero attached hydrogens (tertiary/aromatic N) is 5. The number of halogens is 1. The number of benzene rings is 1. The molecule has 1 aliphatic heterocycles. The standard InChI is InChI=1S/C16H21ClN6O/c1-21(2)15-4-3-12(17)11-14(15)19-16(24)22-8-5-13(6-9-22)23-10-7-18-20-23/h3-4,7,10-11,13H,5-6,8-9H2,1-2H3,(H,19,24). The van der Waals surface area contributed by atoms with Gasteiger partial charge in [-0.3, -0.25) is 0 Å². The quantitative estimate of drug-likeness (QED) is 0.926. The lowest BCUT2D eigenvalue weighted by Crippen LogP contribution is -2.41. The molecule has 1 aromatic carbocycles. The van der Waals surface area contributed by atoms with Gasteiger partial charge in [0.1, 0.15) is 0 Å². The van der Waals surface area contributed by atoms with Gasteiger partial charge in [-0.05, 0) is 31.0 Å². The van der Waals surface area contributed by atoms with Crippen LogP contribution in [-0.4, -0.2) is 53.1 Å². The number of rotatable bonds is 3. The minimum Gasteiger partial charge on any atom is -0.376 e. The Labute approximate surface area is 146 Å². The van der Waals surface area contributed by atoms with E-state index in [9.17, 15) is 4.79 Å². The number of hydrogen-bond donors (Lipinski definition) is 1. The summed E-state index contributed by atoms with van der Waals surface area (Å²) >= 11 is 6.07. The van der Waals surface area contributed by atoms with Crippen LogP contribution in [-0.2, 0) is 0 Å². The Bertz CT molecular complexity index is 695. The van der Waals surface area contributed by atoms with Gasteiger partial charge in [0.05, 0.1) is 23.6 Å². The summed E-state index contributed by atoms with van der Waals surface area (Å²) < 4.78 is 1.87. The Kier molecular flexibility index (Phi) is 4.89. The first kappa shape index (κ1) is 16.6. The van der Waals surface area contributed by atoms with Crippen molar-refractivity contribution in [1.29, 1.82) is 0 Å². The molecule has 0 unspecified atom stereocenters. The second-order valence-corrected chi connectivity index (χ2v) is 6.52. The van der Waals surface area contributed by atoms with Crippen molar-refractivity contribution < 1.29 is 4.79 Å². The Balaban J connectivity index is 1.63. The molecular formula is C16H21ClN6O. The van der Waals surface area contributed by atoms with E-state index >= 15 is 0 Å². The maximum atomic E-state index is 12.6. The van der Waals surface area contributed by atoms with Crippen molar-refractivity contribution in [2.75, 3.05) is 37.4 Å². The monoisotopic (exact) mass is 348 g/mol. The number of urea groups is 1. The predicted octanol–water partition coefficient (Wildman–Crippen LogP) is 2.87. The summed E-state index contributed by atoms with van der Waals surface area (Å²) in [4.78, 5) is 16.3. The van der Waals surface area contributed by atoms with Gasteiger partial charge in [0.15, 0.2) is 0 Å². The minimum absolute atomic E-state index is 0.0996. The molecule has 0 atom stereocenters. The molecule has 1 aromatic heterocycles. The summed E-state index contributed by atoms with van der Waals surface area (Å²) in [6.07, 6.45) is 5.29. The number of hydrogen-bond acceptors (Lipinski definition) is 4. The zero-order chi connectivity index (χ0) is 17.1. The lowest BCUT2D eigenvalue weighted by Gasteiger charge is -2.32. The van der Waals surface area contributed by atoms with Crippen molar-refractivity contribution in [2.45, 2.75) is 18.9 Å². The molecule has 8 heteroatoms. The largest absolute Gasteiger partial charge is 0.376 e. The highest BCUT2D eigenvalue weighted by atomic mass is 35.5. The maximum absolute atomic E-state index is 12.6. The van der Waals surface area contributed by atoms with Gasteiger partial charge in [0, 0.05) is 38.4 Å². The smallest absolute Gasteiger partial charge is 0.321 e. The van der Waals surface area contributed by atoms with E-state index in [4.69, 9.17) is 11.6 Å². The molecule has 0 saturated carbocycles. The van der Waals surface area contributed by atoms with Crippen LogP contribution in [0.4, 0.5) is 16.2 Å². The van der Waals surface area contributed by atoms with E-state index in [1.807, 2.05) is 46.9 Å². The lowest BCUT2D eigenvalue weighted by atomic mass is 10.1. The van der Waals surface area contributed by atoms with Crippen LogP contribution in [0, 0.1) is 0 Å².